The molecule has 1 N–H and O–H groups in total. The van der Waals surface area contributed by atoms with E-state index < -0.39 is 0 Å². The molecular formula is C11H16BrN. The topological polar surface area (TPSA) is 12.0 Å². The van der Waals surface area contributed by atoms with Gasteiger partial charge in [0.15, 0.2) is 0 Å². The molecule has 1 aromatic rings. The van der Waals surface area contributed by atoms with Gasteiger partial charge in [-0.1, -0.05) is 35.0 Å². The molecule has 1 atom stereocenters. The van der Waals surface area contributed by atoms with Crippen LogP contribution in [-0.2, 0) is 0 Å². The summed E-state index contributed by atoms with van der Waals surface area (Å²) in [4.78, 5) is 0. The Morgan fingerprint density at radius 1 is 1.46 bits per heavy atom. The number of rotatable bonds is 4. The van der Waals surface area contributed by atoms with E-state index in [1.165, 1.54) is 12.0 Å². The molecule has 1 aromatic carbocycles. The summed E-state index contributed by atoms with van der Waals surface area (Å²) < 4.78 is 1.15. The van der Waals surface area contributed by atoms with Crippen LogP contribution in [0.25, 0.3) is 0 Å². The third-order valence-corrected chi connectivity index (χ3v) is 2.54. The first-order chi connectivity index (χ1) is 6.24. The Balaban J connectivity index is 2.60. The molecule has 0 unspecified atom stereocenters. The van der Waals surface area contributed by atoms with Crippen LogP contribution in [0.5, 0.6) is 0 Å². The summed E-state index contributed by atoms with van der Waals surface area (Å²) in [5, 5.41) is 3.45. The van der Waals surface area contributed by atoms with Gasteiger partial charge in [-0.15, -0.1) is 0 Å². The van der Waals surface area contributed by atoms with Crippen molar-refractivity contribution in [3.8, 4) is 0 Å². The molecule has 0 aliphatic rings. The number of benzene rings is 1. The third kappa shape index (κ3) is 3.49. The first-order valence-electron chi connectivity index (χ1n) is 4.73. The zero-order valence-corrected chi connectivity index (χ0v) is 9.76. The summed E-state index contributed by atoms with van der Waals surface area (Å²) in [6.45, 7) is 5.45. The molecule has 0 radical (unpaired) electrons. The molecule has 0 saturated carbocycles. The minimum atomic E-state index is 0.442. The van der Waals surface area contributed by atoms with E-state index in [9.17, 15) is 0 Å². The van der Waals surface area contributed by atoms with Gasteiger partial charge in [-0.3, -0.25) is 0 Å². The van der Waals surface area contributed by atoms with E-state index >= 15 is 0 Å². The first kappa shape index (κ1) is 10.7. The van der Waals surface area contributed by atoms with Crippen molar-refractivity contribution in [3.63, 3.8) is 0 Å². The molecule has 0 aliphatic heterocycles. The highest BCUT2D eigenvalue weighted by atomic mass is 79.9. The first-order valence-corrected chi connectivity index (χ1v) is 5.52. The molecule has 13 heavy (non-hydrogen) atoms. The zero-order valence-electron chi connectivity index (χ0n) is 8.18. The van der Waals surface area contributed by atoms with Crippen molar-refractivity contribution in [2.75, 3.05) is 6.54 Å². The normalized spacial score (nSPS) is 12.8. The predicted molar refractivity (Wildman–Crippen MR) is 60.9 cm³/mol. The Morgan fingerprint density at radius 2 is 2.23 bits per heavy atom. The van der Waals surface area contributed by atoms with Gasteiger partial charge in [-0.05, 0) is 37.6 Å². The highest BCUT2D eigenvalue weighted by molar-refractivity contribution is 9.10. The number of nitrogens with one attached hydrogen (secondary N) is 1. The molecule has 0 amide bonds. The second-order valence-electron chi connectivity index (χ2n) is 3.23. The lowest BCUT2D eigenvalue weighted by molar-refractivity contribution is 0.570. The molecule has 0 fully saturated rings. The summed E-state index contributed by atoms with van der Waals surface area (Å²) >= 11 is 3.47. The molecule has 0 heterocycles. The Kier molecular flexibility index (Phi) is 4.46. The largest absolute Gasteiger partial charge is 0.310 e. The molecule has 0 bridgehead atoms. The molecule has 0 aromatic heterocycles. The van der Waals surface area contributed by atoms with Crippen LogP contribution in [0.4, 0.5) is 0 Å². The van der Waals surface area contributed by atoms with Crippen LogP contribution in [0.1, 0.15) is 31.9 Å². The summed E-state index contributed by atoms with van der Waals surface area (Å²) in [6.07, 6.45) is 1.18. The molecule has 0 saturated heterocycles. The fourth-order valence-corrected chi connectivity index (χ4v) is 1.67. The van der Waals surface area contributed by atoms with Gasteiger partial charge in [-0.25, -0.2) is 0 Å². The van der Waals surface area contributed by atoms with Crippen LogP contribution in [0.15, 0.2) is 28.7 Å². The second kappa shape index (κ2) is 5.40. The number of halogens is 1. The second-order valence-corrected chi connectivity index (χ2v) is 4.15. The minimum absolute atomic E-state index is 0.442. The summed E-state index contributed by atoms with van der Waals surface area (Å²) in [6, 6.07) is 8.88. The SMILES string of the molecule is CCCN[C@@H](C)c1cccc(Br)c1. The standard InChI is InChI=1S/C11H16BrN/c1-3-7-13-9(2)10-5-4-6-11(12)8-10/h4-6,8-9,13H,3,7H2,1-2H3/t9-/m0/s1. The van der Waals surface area contributed by atoms with Crippen LogP contribution in [0.2, 0.25) is 0 Å². The number of hydrogen-bond acceptors (Lipinski definition) is 1. The fourth-order valence-electron chi connectivity index (χ4n) is 1.25. The quantitative estimate of drug-likeness (QED) is 0.851. The van der Waals surface area contributed by atoms with Crippen LogP contribution < -0.4 is 5.32 Å². The highest BCUT2D eigenvalue weighted by Crippen LogP contribution is 2.17. The minimum Gasteiger partial charge on any atom is -0.310 e. The van der Waals surface area contributed by atoms with Gasteiger partial charge in [-0.2, -0.15) is 0 Å². The summed E-state index contributed by atoms with van der Waals surface area (Å²) in [7, 11) is 0. The average Bonchev–Trinajstić information content (AvgIpc) is 2.14. The molecular weight excluding hydrogens is 226 g/mol. The van der Waals surface area contributed by atoms with Gasteiger partial charge in [0, 0.05) is 10.5 Å². The van der Waals surface area contributed by atoms with Crippen molar-refractivity contribution in [1.82, 2.24) is 5.32 Å². The van der Waals surface area contributed by atoms with Crippen LogP contribution >= 0.6 is 15.9 Å². The lowest BCUT2D eigenvalue weighted by atomic mass is 10.1. The maximum absolute atomic E-state index is 3.47. The monoisotopic (exact) mass is 241 g/mol. The Morgan fingerprint density at radius 3 is 2.85 bits per heavy atom. The Hall–Kier alpha value is -0.340. The van der Waals surface area contributed by atoms with E-state index in [-0.39, 0.29) is 0 Å². The smallest absolute Gasteiger partial charge is 0.0292 e. The van der Waals surface area contributed by atoms with E-state index in [0.717, 1.165) is 11.0 Å². The lowest BCUT2D eigenvalue weighted by Gasteiger charge is -2.13. The van der Waals surface area contributed by atoms with Crippen molar-refractivity contribution < 1.29 is 0 Å². The average molecular weight is 242 g/mol. The Labute approximate surface area is 88.7 Å². The van der Waals surface area contributed by atoms with Crippen molar-refractivity contribution in [3.05, 3.63) is 34.3 Å². The maximum Gasteiger partial charge on any atom is 0.0292 e. The number of hydrogen-bond donors (Lipinski definition) is 1. The lowest BCUT2D eigenvalue weighted by Crippen LogP contribution is -2.19. The third-order valence-electron chi connectivity index (χ3n) is 2.05. The molecule has 1 nitrogen and oxygen atoms in total. The Bertz CT molecular complexity index is 260. The van der Waals surface area contributed by atoms with Gasteiger partial charge in [0.25, 0.3) is 0 Å². The summed E-state index contributed by atoms with van der Waals surface area (Å²) in [5.41, 5.74) is 1.34. The van der Waals surface area contributed by atoms with Gasteiger partial charge in [0.05, 0.1) is 0 Å². The fraction of sp³-hybridized carbons (Fsp3) is 0.455. The van der Waals surface area contributed by atoms with Crippen LogP contribution in [0, 0.1) is 0 Å². The van der Waals surface area contributed by atoms with Gasteiger partial charge < -0.3 is 5.32 Å². The molecule has 0 spiro atoms. The highest BCUT2D eigenvalue weighted by Gasteiger charge is 2.02. The van der Waals surface area contributed by atoms with E-state index in [1.54, 1.807) is 0 Å². The van der Waals surface area contributed by atoms with Gasteiger partial charge >= 0.3 is 0 Å². The van der Waals surface area contributed by atoms with Gasteiger partial charge in [0.1, 0.15) is 0 Å². The van der Waals surface area contributed by atoms with Gasteiger partial charge in [0.2, 0.25) is 0 Å². The van der Waals surface area contributed by atoms with E-state index in [4.69, 9.17) is 0 Å². The molecule has 1 rings (SSSR count). The molecule has 2 heteroatoms. The van der Waals surface area contributed by atoms with Crippen molar-refractivity contribution in [2.45, 2.75) is 26.3 Å². The maximum atomic E-state index is 3.47. The van der Waals surface area contributed by atoms with Crippen molar-refractivity contribution >= 4 is 15.9 Å². The zero-order chi connectivity index (χ0) is 9.68. The van der Waals surface area contributed by atoms with E-state index in [1.807, 2.05) is 0 Å². The molecule has 72 valence electrons. The summed E-state index contributed by atoms with van der Waals surface area (Å²) in [5.74, 6) is 0. The van der Waals surface area contributed by atoms with E-state index in [0.29, 0.717) is 6.04 Å². The van der Waals surface area contributed by atoms with Crippen LogP contribution in [0.3, 0.4) is 0 Å². The van der Waals surface area contributed by atoms with E-state index in [2.05, 4.69) is 59.4 Å². The predicted octanol–water partition coefficient (Wildman–Crippen LogP) is 3.51. The van der Waals surface area contributed by atoms with Crippen molar-refractivity contribution in [2.24, 2.45) is 0 Å². The van der Waals surface area contributed by atoms with Crippen molar-refractivity contribution in [1.29, 1.82) is 0 Å². The molecule has 0 aliphatic carbocycles. The van der Waals surface area contributed by atoms with Crippen LogP contribution in [-0.4, -0.2) is 6.54 Å².